The topological polar surface area (TPSA) is 55.4 Å². The maximum atomic E-state index is 11.9. The summed E-state index contributed by atoms with van der Waals surface area (Å²) in [6.45, 7) is 3.50. The van der Waals surface area contributed by atoms with Crippen molar-refractivity contribution in [1.82, 2.24) is 0 Å². The second kappa shape index (κ2) is 8.31. The molecule has 0 saturated carbocycles. The molecule has 4 nitrogen and oxygen atoms in total. The van der Waals surface area contributed by atoms with Crippen LogP contribution in [-0.2, 0) is 14.3 Å². The number of carbonyl (C=O) groups is 2. The normalized spacial score (nSPS) is 10.6. The second-order valence-electron chi connectivity index (χ2n) is 5.36. The largest absolute Gasteiger partial charge is 0.452 e. The quantitative estimate of drug-likeness (QED) is 0.655. The van der Waals surface area contributed by atoms with E-state index in [0.717, 1.165) is 16.7 Å². The zero-order chi connectivity index (χ0) is 17.5. The third-order valence-corrected chi connectivity index (χ3v) is 3.51. The fourth-order valence-electron chi connectivity index (χ4n) is 2.02. The van der Waals surface area contributed by atoms with E-state index in [1.807, 2.05) is 38.1 Å². The van der Waals surface area contributed by atoms with Gasteiger partial charge in [0.1, 0.15) is 0 Å². The lowest BCUT2D eigenvalue weighted by atomic mass is 10.1. The predicted octanol–water partition coefficient (Wildman–Crippen LogP) is 4.15. The fraction of sp³-hybridized carbons (Fsp3) is 0.158. The molecule has 5 heteroatoms. The number of carbonyl (C=O) groups excluding carboxylic acids is 2. The molecular formula is C19H18ClNO3. The van der Waals surface area contributed by atoms with Gasteiger partial charge in [0.15, 0.2) is 6.61 Å². The lowest BCUT2D eigenvalue weighted by Crippen LogP contribution is -2.20. The number of hydrogen-bond acceptors (Lipinski definition) is 3. The van der Waals surface area contributed by atoms with Crippen molar-refractivity contribution in [2.24, 2.45) is 0 Å². The third kappa shape index (κ3) is 5.56. The van der Waals surface area contributed by atoms with Crippen molar-refractivity contribution >= 4 is 35.2 Å². The Hall–Kier alpha value is -2.59. The summed E-state index contributed by atoms with van der Waals surface area (Å²) in [5.41, 5.74) is 3.48. The fourth-order valence-corrected chi connectivity index (χ4v) is 2.21. The molecule has 2 aromatic rings. The van der Waals surface area contributed by atoms with E-state index >= 15 is 0 Å². The van der Waals surface area contributed by atoms with Crippen LogP contribution in [0.1, 0.15) is 16.7 Å². The molecule has 0 aliphatic heterocycles. The average molecular weight is 344 g/mol. The second-order valence-corrected chi connectivity index (χ2v) is 5.80. The van der Waals surface area contributed by atoms with Gasteiger partial charge in [0.05, 0.1) is 0 Å². The molecule has 2 aromatic carbocycles. The molecule has 0 atom stereocenters. The summed E-state index contributed by atoms with van der Waals surface area (Å²) in [5, 5.41) is 3.31. The summed E-state index contributed by atoms with van der Waals surface area (Å²) in [6.07, 6.45) is 2.84. The molecule has 0 spiro atoms. The van der Waals surface area contributed by atoms with Crippen LogP contribution in [0.3, 0.4) is 0 Å². The highest BCUT2D eigenvalue weighted by molar-refractivity contribution is 6.30. The van der Waals surface area contributed by atoms with Crippen molar-refractivity contribution in [2.45, 2.75) is 13.8 Å². The molecule has 0 aliphatic carbocycles. The Morgan fingerprint density at radius 3 is 2.71 bits per heavy atom. The van der Waals surface area contributed by atoms with Gasteiger partial charge in [0, 0.05) is 16.8 Å². The Morgan fingerprint density at radius 2 is 1.96 bits per heavy atom. The average Bonchev–Trinajstić information content (AvgIpc) is 2.54. The van der Waals surface area contributed by atoms with Gasteiger partial charge in [-0.3, -0.25) is 4.79 Å². The van der Waals surface area contributed by atoms with E-state index in [2.05, 4.69) is 5.32 Å². The Balaban J connectivity index is 1.85. The molecule has 124 valence electrons. The Labute approximate surface area is 146 Å². The van der Waals surface area contributed by atoms with Gasteiger partial charge in [-0.2, -0.15) is 0 Å². The van der Waals surface area contributed by atoms with Gasteiger partial charge in [-0.1, -0.05) is 35.9 Å². The minimum absolute atomic E-state index is 0.341. The maximum absolute atomic E-state index is 11.9. The monoisotopic (exact) mass is 343 g/mol. The Morgan fingerprint density at radius 1 is 1.17 bits per heavy atom. The molecule has 0 unspecified atom stereocenters. The molecule has 24 heavy (non-hydrogen) atoms. The molecule has 0 fully saturated rings. The van der Waals surface area contributed by atoms with E-state index in [-0.39, 0.29) is 12.5 Å². The highest BCUT2D eigenvalue weighted by Crippen LogP contribution is 2.16. The van der Waals surface area contributed by atoms with Crippen LogP contribution in [0.25, 0.3) is 6.08 Å². The number of amides is 1. The Kier molecular flexibility index (Phi) is 6.15. The summed E-state index contributed by atoms with van der Waals surface area (Å²) in [4.78, 5) is 23.5. The third-order valence-electron chi connectivity index (χ3n) is 3.27. The van der Waals surface area contributed by atoms with Crippen molar-refractivity contribution in [2.75, 3.05) is 11.9 Å². The van der Waals surface area contributed by atoms with Crippen molar-refractivity contribution in [1.29, 1.82) is 0 Å². The standard InChI is InChI=1S/C19H18ClNO3/c1-13-6-7-14(2)17(10-13)21-18(22)12-24-19(23)9-8-15-4-3-5-16(20)11-15/h3-11H,12H2,1-2H3,(H,21,22)/b9-8+. The SMILES string of the molecule is Cc1ccc(C)c(NC(=O)COC(=O)/C=C/c2cccc(Cl)c2)c1. The van der Waals surface area contributed by atoms with E-state index in [4.69, 9.17) is 16.3 Å². The van der Waals surface area contributed by atoms with Gasteiger partial charge in [-0.25, -0.2) is 4.79 Å². The van der Waals surface area contributed by atoms with Gasteiger partial charge in [0.25, 0.3) is 5.91 Å². The van der Waals surface area contributed by atoms with E-state index in [1.165, 1.54) is 6.08 Å². The molecule has 0 saturated heterocycles. The van der Waals surface area contributed by atoms with E-state index < -0.39 is 5.97 Å². The van der Waals surface area contributed by atoms with Crippen molar-refractivity contribution in [3.63, 3.8) is 0 Å². The summed E-state index contributed by atoms with van der Waals surface area (Å²) < 4.78 is 4.93. The lowest BCUT2D eigenvalue weighted by molar-refractivity contribution is -0.142. The smallest absolute Gasteiger partial charge is 0.331 e. The van der Waals surface area contributed by atoms with E-state index in [9.17, 15) is 9.59 Å². The summed E-state index contributed by atoms with van der Waals surface area (Å²) in [5.74, 6) is -0.973. The van der Waals surface area contributed by atoms with Crippen LogP contribution in [0, 0.1) is 13.8 Å². The van der Waals surface area contributed by atoms with Crippen LogP contribution in [0.5, 0.6) is 0 Å². The number of ether oxygens (including phenoxy) is 1. The Bertz CT molecular complexity index is 784. The van der Waals surface area contributed by atoms with Crippen LogP contribution in [0.15, 0.2) is 48.5 Å². The molecule has 0 bridgehead atoms. The lowest BCUT2D eigenvalue weighted by Gasteiger charge is -2.09. The molecule has 0 aliphatic rings. The minimum atomic E-state index is -0.592. The molecule has 1 N–H and O–H groups in total. The summed E-state index contributed by atoms with van der Waals surface area (Å²) in [6, 6.07) is 12.8. The van der Waals surface area contributed by atoms with Crippen LogP contribution in [0.2, 0.25) is 5.02 Å². The number of halogens is 1. The summed E-state index contributed by atoms with van der Waals surface area (Å²) >= 11 is 5.86. The number of nitrogens with one attached hydrogen (secondary N) is 1. The van der Waals surface area contributed by atoms with Gasteiger partial charge < -0.3 is 10.1 Å². The van der Waals surface area contributed by atoms with Gasteiger partial charge in [0.2, 0.25) is 0 Å². The molecule has 0 aromatic heterocycles. The van der Waals surface area contributed by atoms with Gasteiger partial charge in [-0.05, 0) is 54.8 Å². The van der Waals surface area contributed by atoms with Crippen LogP contribution < -0.4 is 5.32 Å². The number of esters is 1. The van der Waals surface area contributed by atoms with Crippen molar-refractivity contribution in [3.8, 4) is 0 Å². The number of hydrogen-bond donors (Lipinski definition) is 1. The highest BCUT2D eigenvalue weighted by atomic mass is 35.5. The first-order chi connectivity index (χ1) is 11.4. The molecule has 0 radical (unpaired) electrons. The van der Waals surface area contributed by atoms with E-state index in [0.29, 0.717) is 10.7 Å². The molecule has 0 heterocycles. The highest BCUT2D eigenvalue weighted by Gasteiger charge is 2.07. The van der Waals surface area contributed by atoms with Crippen LogP contribution >= 0.6 is 11.6 Å². The van der Waals surface area contributed by atoms with Crippen LogP contribution in [0.4, 0.5) is 5.69 Å². The molecule has 2 rings (SSSR count). The first-order valence-corrected chi connectivity index (χ1v) is 7.79. The summed E-state index contributed by atoms with van der Waals surface area (Å²) in [7, 11) is 0. The number of anilines is 1. The number of benzene rings is 2. The van der Waals surface area contributed by atoms with Crippen molar-refractivity contribution < 1.29 is 14.3 Å². The minimum Gasteiger partial charge on any atom is -0.452 e. The first-order valence-electron chi connectivity index (χ1n) is 7.41. The zero-order valence-electron chi connectivity index (χ0n) is 13.5. The van der Waals surface area contributed by atoms with Gasteiger partial charge in [-0.15, -0.1) is 0 Å². The number of aryl methyl sites for hydroxylation is 2. The molecular weight excluding hydrogens is 326 g/mol. The van der Waals surface area contributed by atoms with Crippen molar-refractivity contribution in [3.05, 3.63) is 70.3 Å². The maximum Gasteiger partial charge on any atom is 0.331 e. The van der Waals surface area contributed by atoms with E-state index in [1.54, 1.807) is 24.3 Å². The first kappa shape index (κ1) is 17.8. The predicted molar refractivity (Wildman–Crippen MR) is 96.0 cm³/mol. The van der Waals surface area contributed by atoms with Gasteiger partial charge >= 0.3 is 5.97 Å². The zero-order valence-corrected chi connectivity index (χ0v) is 14.3. The number of rotatable bonds is 5. The molecule has 1 amide bonds. The van der Waals surface area contributed by atoms with Crippen LogP contribution in [-0.4, -0.2) is 18.5 Å².